The summed E-state index contributed by atoms with van der Waals surface area (Å²) in [4.78, 5) is 18.8. The van der Waals surface area contributed by atoms with E-state index in [9.17, 15) is 4.79 Å². The van der Waals surface area contributed by atoms with E-state index in [1.165, 1.54) is 0 Å². The van der Waals surface area contributed by atoms with Gasteiger partial charge in [-0.25, -0.2) is 0 Å². The highest BCUT2D eigenvalue weighted by atomic mass is 16.5. The number of benzene rings is 1. The fraction of sp³-hybridized carbons (Fsp3) is 0.526. The molecule has 0 radical (unpaired) electrons. The van der Waals surface area contributed by atoms with Gasteiger partial charge in [0.2, 0.25) is 5.89 Å². The molecule has 1 aromatic heterocycles. The summed E-state index contributed by atoms with van der Waals surface area (Å²) in [5, 5.41) is 4.05. The van der Waals surface area contributed by atoms with E-state index in [1.807, 2.05) is 29.2 Å². The first-order valence-electron chi connectivity index (χ1n) is 9.10. The molecule has 1 aromatic carbocycles. The van der Waals surface area contributed by atoms with Gasteiger partial charge >= 0.3 is 0 Å². The van der Waals surface area contributed by atoms with Gasteiger partial charge in [-0.15, -0.1) is 0 Å². The molecular formula is C19H23N3O3. The molecule has 2 aliphatic rings. The molecule has 0 spiro atoms. The van der Waals surface area contributed by atoms with Crippen molar-refractivity contribution in [1.82, 2.24) is 15.0 Å². The quantitative estimate of drug-likeness (QED) is 0.722. The molecule has 1 aliphatic heterocycles. The molecular weight excluding hydrogens is 318 g/mol. The van der Waals surface area contributed by atoms with E-state index < -0.39 is 0 Å². The average Bonchev–Trinajstić information content (AvgIpc) is 3.33. The van der Waals surface area contributed by atoms with Gasteiger partial charge in [0.1, 0.15) is 5.75 Å². The van der Waals surface area contributed by atoms with E-state index in [1.54, 1.807) is 0 Å². The van der Waals surface area contributed by atoms with Crippen LogP contribution in [0.4, 0.5) is 0 Å². The summed E-state index contributed by atoms with van der Waals surface area (Å²) in [6.07, 6.45) is 4.46. The lowest BCUT2D eigenvalue weighted by molar-refractivity contribution is 0.0569. The molecule has 2 heterocycles. The monoisotopic (exact) mass is 341 g/mol. The molecule has 1 saturated heterocycles. The van der Waals surface area contributed by atoms with Crippen LogP contribution in [0.3, 0.4) is 0 Å². The topological polar surface area (TPSA) is 68.5 Å². The van der Waals surface area contributed by atoms with Crippen molar-refractivity contribution in [3.63, 3.8) is 0 Å². The zero-order chi connectivity index (χ0) is 17.2. The molecule has 0 atom stereocenters. The number of carbonyl (C=O) groups excluding carboxylic acids is 1. The number of aromatic nitrogens is 2. The standard InChI is InChI=1S/C19H23N3O3/c1-2-3-10-24-16-8-6-14(7-9-16)19(23)22-11-15(12-22)18-20-17(21-25-18)13-4-5-13/h6-9,13,15H,2-5,10-12H2,1H3. The highest BCUT2D eigenvalue weighted by Crippen LogP contribution is 2.39. The highest BCUT2D eigenvalue weighted by molar-refractivity contribution is 5.95. The predicted molar refractivity (Wildman–Crippen MR) is 91.8 cm³/mol. The summed E-state index contributed by atoms with van der Waals surface area (Å²) in [7, 11) is 0. The molecule has 1 saturated carbocycles. The number of hydrogen-bond acceptors (Lipinski definition) is 5. The Morgan fingerprint density at radius 2 is 2.00 bits per heavy atom. The Bertz CT molecular complexity index is 731. The number of likely N-dealkylation sites (tertiary alicyclic amines) is 1. The number of carbonyl (C=O) groups is 1. The Morgan fingerprint density at radius 1 is 1.24 bits per heavy atom. The number of ether oxygens (including phenoxy) is 1. The molecule has 1 aliphatic carbocycles. The third-order valence-corrected chi connectivity index (χ3v) is 4.79. The molecule has 0 N–H and O–H groups in total. The maximum absolute atomic E-state index is 12.5. The molecule has 6 nitrogen and oxygen atoms in total. The Kier molecular flexibility index (Phi) is 4.42. The third kappa shape index (κ3) is 3.52. The predicted octanol–water partition coefficient (Wildman–Crippen LogP) is 3.37. The van der Waals surface area contributed by atoms with Crippen molar-refractivity contribution >= 4 is 5.91 Å². The van der Waals surface area contributed by atoms with Gasteiger partial charge in [0, 0.05) is 24.6 Å². The first-order valence-corrected chi connectivity index (χ1v) is 9.10. The minimum Gasteiger partial charge on any atom is -0.494 e. The van der Waals surface area contributed by atoms with E-state index in [4.69, 9.17) is 9.26 Å². The first kappa shape index (κ1) is 16.1. The Balaban J connectivity index is 1.30. The number of hydrogen-bond donors (Lipinski definition) is 0. The van der Waals surface area contributed by atoms with Gasteiger partial charge in [-0.05, 0) is 43.5 Å². The molecule has 2 fully saturated rings. The minimum absolute atomic E-state index is 0.0401. The van der Waals surface area contributed by atoms with Crippen LogP contribution in [0.25, 0.3) is 0 Å². The van der Waals surface area contributed by atoms with E-state index in [2.05, 4.69) is 17.1 Å². The summed E-state index contributed by atoms with van der Waals surface area (Å²) in [5.41, 5.74) is 0.686. The highest BCUT2D eigenvalue weighted by Gasteiger charge is 2.37. The Hall–Kier alpha value is -2.37. The van der Waals surface area contributed by atoms with Gasteiger partial charge in [-0.3, -0.25) is 4.79 Å². The van der Waals surface area contributed by atoms with Gasteiger partial charge in [0.05, 0.1) is 12.5 Å². The Labute approximate surface area is 147 Å². The lowest BCUT2D eigenvalue weighted by Crippen LogP contribution is -2.48. The van der Waals surface area contributed by atoms with Crippen molar-refractivity contribution in [3.8, 4) is 5.75 Å². The third-order valence-electron chi connectivity index (χ3n) is 4.79. The van der Waals surface area contributed by atoms with Crippen LogP contribution in [0.5, 0.6) is 5.75 Å². The second kappa shape index (κ2) is 6.86. The van der Waals surface area contributed by atoms with Crippen LogP contribution in [0.15, 0.2) is 28.8 Å². The number of amides is 1. The van der Waals surface area contributed by atoms with Crippen molar-refractivity contribution in [1.29, 1.82) is 0 Å². The maximum Gasteiger partial charge on any atom is 0.253 e. The second-order valence-electron chi connectivity index (χ2n) is 6.90. The molecule has 2 aromatic rings. The van der Waals surface area contributed by atoms with Crippen LogP contribution < -0.4 is 4.74 Å². The van der Waals surface area contributed by atoms with Crippen molar-refractivity contribution < 1.29 is 14.1 Å². The van der Waals surface area contributed by atoms with Gasteiger partial charge in [0.25, 0.3) is 5.91 Å². The molecule has 132 valence electrons. The van der Waals surface area contributed by atoms with Crippen molar-refractivity contribution in [2.24, 2.45) is 0 Å². The van der Waals surface area contributed by atoms with E-state index >= 15 is 0 Å². The number of rotatable bonds is 7. The zero-order valence-corrected chi connectivity index (χ0v) is 14.5. The van der Waals surface area contributed by atoms with Crippen LogP contribution >= 0.6 is 0 Å². The van der Waals surface area contributed by atoms with Crippen molar-refractivity contribution in [2.45, 2.75) is 44.4 Å². The summed E-state index contributed by atoms with van der Waals surface area (Å²) >= 11 is 0. The SMILES string of the molecule is CCCCOc1ccc(C(=O)N2CC(c3nc(C4CC4)no3)C2)cc1. The molecule has 6 heteroatoms. The minimum atomic E-state index is 0.0401. The summed E-state index contributed by atoms with van der Waals surface area (Å²) in [5.74, 6) is 3.02. The summed E-state index contributed by atoms with van der Waals surface area (Å²) in [6, 6.07) is 7.38. The number of nitrogens with zero attached hydrogens (tertiary/aromatic N) is 3. The maximum atomic E-state index is 12.5. The fourth-order valence-corrected chi connectivity index (χ4v) is 2.93. The van der Waals surface area contributed by atoms with Gasteiger partial charge < -0.3 is 14.2 Å². The van der Waals surface area contributed by atoms with E-state index in [0.717, 1.165) is 37.3 Å². The van der Waals surface area contributed by atoms with Crippen LogP contribution in [-0.4, -0.2) is 40.6 Å². The summed E-state index contributed by atoms with van der Waals surface area (Å²) < 4.78 is 11.0. The zero-order valence-electron chi connectivity index (χ0n) is 14.5. The van der Waals surface area contributed by atoms with Crippen molar-refractivity contribution in [2.75, 3.05) is 19.7 Å². The van der Waals surface area contributed by atoms with Crippen LogP contribution in [0, 0.1) is 0 Å². The van der Waals surface area contributed by atoms with Gasteiger partial charge in [0.15, 0.2) is 5.82 Å². The lowest BCUT2D eigenvalue weighted by atomic mass is 9.98. The second-order valence-corrected chi connectivity index (χ2v) is 6.90. The number of unbranched alkanes of at least 4 members (excludes halogenated alkanes) is 1. The summed E-state index contributed by atoms with van der Waals surface area (Å²) in [6.45, 7) is 4.12. The molecule has 0 bridgehead atoms. The van der Waals surface area contributed by atoms with Gasteiger partial charge in [-0.2, -0.15) is 4.98 Å². The molecule has 1 amide bonds. The van der Waals surface area contributed by atoms with E-state index in [0.29, 0.717) is 37.1 Å². The lowest BCUT2D eigenvalue weighted by Gasteiger charge is -2.37. The van der Waals surface area contributed by atoms with Crippen LogP contribution in [-0.2, 0) is 0 Å². The van der Waals surface area contributed by atoms with Crippen molar-refractivity contribution in [3.05, 3.63) is 41.5 Å². The van der Waals surface area contributed by atoms with Crippen LogP contribution in [0.1, 0.15) is 66.5 Å². The van der Waals surface area contributed by atoms with E-state index in [-0.39, 0.29) is 11.8 Å². The van der Waals surface area contributed by atoms with Crippen LogP contribution in [0.2, 0.25) is 0 Å². The smallest absolute Gasteiger partial charge is 0.253 e. The molecule has 4 rings (SSSR count). The normalized spacial score (nSPS) is 17.4. The Morgan fingerprint density at radius 3 is 2.68 bits per heavy atom. The largest absolute Gasteiger partial charge is 0.494 e. The fourth-order valence-electron chi connectivity index (χ4n) is 2.93. The molecule has 25 heavy (non-hydrogen) atoms. The van der Waals surface area contributed by atoms with Gasteiger partial charge in [-0.1, -0.05) is 18.5 Å². The average molecular weight is 341 g/mol. The molecule has 0 unspecified atom stereocenters. The first-order chi connectivity index (χ1) is 12.2.